The predicted octanol–water partition coefficient (Wildman–Crippen LogP) is 0.903. The number of fused-ring (bicyclic) bond motifs is 1. The van der Waals surface area contributed by atoms with E-state index in [2.05, 4.69) is 34.3 Å². The van der Waals surface area contributed by atoms with Crippen molar-refractivity contribution in [2.45, 2.75) is 13.1 Å². The molecule has 0 radical (unpaired) electrons. The highest BCUT2D eigenvalue weighted by molar-refractivity contribution is 5.92. The van der Waals surface area contributed by atoms with Crippen LogP contribution in [0.1, 0.15) is 11.1 Å². The van der Waals surface area contributed by atoms with Crippen LogP contribution in [0.15, 0.2) is 18.2 Å². The molecule has 5 nitrogen and oxygen atoms in total. The van der Waals surface area contributed by atoms with Crippen LogP contribution in [0.4, 0.5) is 5.69 Å². The Morgan fingerprint density at radius 1 is 1.25 bits per heavy atom. The molecular weight excluding hydrogens is 254 g/mol. The van der Waals surface area contributed by atoms with Gasteiger partial charge in [0.05, 0.1) is 19.8 Å². The number of nitrogens with zero attached hydrogens (tertiary/aromatic N) is 2. The standard InChI is InChI=1S/C15H21N3O2/c1-17-9-12-2-3-14(8-13(12)10-17)16-15(19)11-18-4-6-20-7-5-18/h2-3,8H,4-7,9-11H2,1H3,(H,16,19). The molecule has 0 unspecified atom stereocenters. The Hall–Kier alpha value is -1.43. The summed E-state index contributed by atoms with van der Waals surface area (Å²) in [5.41, 5.74) is 3.58. The molecule has 108 valence electrons. The predicted molar refractivity (Wildman–Crippen MR) is 77.5 cm³/mol. The molecule has 0 aliphatic carbocycles. The second kappa shape index (κ2) is 5.91. The topological polar surface area (TPSA) is 44.8 Å². The number of carbonyl (C=O) groups is 1. The third-order valence-electron chi connectivity index (χ3n) is 3.84. The fourth-order valence-corrected chi connectivity index (χ4v) is 2.81. The van der Waals surface area contributed by atoms with Crippen molar-refractivity contribution in [1.29, 1.82) is 0 Å². The lowest BCUT2D eigenvalue weighted by molar-refractivity contribution is -0.118. The lowest BCUT2D eigenvalue weighted by Gasteiger charge is -2.25. The van der Waals surface area contributed by atoms with E-state index in [-0.39, 0.29) is 5.91 Å². The largest absolute Gasteiger partial charge is 0.379 e. The summed E-state index contributed by atoms with van der Waals surface area (Å²) < 4.78 is 5.28. The molecule has 20 heavy (non-hydrogen) atoms. The van der Waals surface area contributed by atoms with E-state index < -0.39 is 0 Å². The minimum absolute atomic E-state index is 0.0539. The minimum Gasteiger partial charge on any atom is -0.379 e. The Kier molecular flexibility index (Phi) is 4.00. The van der Waals surface area contributed by atoms with Crippen molar-refractivity contribution in [3.63, 3.8) is 0 Å². The summed E-state index contributed by atoms with van der Waals surface area (Å²) in [6, 6.07) is 6.20. The SMILES string of the molecule is CN1Cc2ccc(NC(=O)CN3CCOCC3)cc2C1. The molecular formula is C15H21N3O2. The average molecular weight is 275 g/mol. The normalized spacial score (nSPS) is 19.9. The van der Waals surface area contributed by atoms with Gasteiger partial charge in [-0.25, -0.2) is 0 Å². The van der Waals surface area contributed by atoms with Gasteiger partial charge in [-0.2, -0.15) is 0 Å². The van der Waals surface area contributed by atoms with Crippen LogP contribution in [-0.4, -0.2) is 55.6 Å². The van der Waals surface area contributed by atoms with E-state index in [1.165, 1.54) is 11.1 Å². The Morgan fingerprint density at radius 2 is 2.00 bits per heavy atom. The molecule has 0 saturated carbocycles. The van der Waals surface area contributed by atoms with Crippen molar-refractivity contribution in [3.05, 3.63) is 29.3 Å². The van der Waals surface area contributed by atoms with Crippen LogP contribution in [0.5, 0.6) is 0 Å². The summed E-state index contributed by atoms with van der Waals surface area (Å²) in [7, 11) is 2.11. The van der Waals surface area contributed by atoms with Gasteiger partial charge in [-0.3, -0.25) is 14.6 Å². The molecule has 5 heteroatoms. The number of rotatable bonds is 3. The number of morpholine rings is 1. The maximum Gasteiger partial charge on any atom is 0.238 e. The quantitative estimate of drug-likeness (QED) is 0.890. The van der Waals surface area contributed by atoms with Gasteiger partial charge < -0.3 is 10.1 Å². The first-order chi connectivity index (χ1) is 9.70. The van der Waals surface area contributed by atoms with Crippen molar-refractivity contribution < 1.29 is 9.53 Å². The van der Waals surface area contributed by atoms with Crippen LogP contribution in [-0.2, 0) is 22.6 Å². The van der Waals surface area contributed by atoms with Gasteiger partial charge in [0.15, 0.2) is 0 Å². The number of ether oxygens (including phenoxy) is 1. The van der Waals surface area contributed by atoms with Gasteiger partial charge in [-0.15, -0.1) is 0 Å². The third kappa shape index (κ3) is 3.17. The summed E-state index contributed by atoms with van der Waals surface area (Å²) in [5.74, 6) is 0.0539. The van der Waals surface area contributed by atoms with Gasteiger partial charge in [-0.05, 0) is 30.3 Å². The lowest BCUT2D eigenvalue weighted by atomic mass is 10.1. The summed E-state index contributed by atoms with van der Waals surface area (Å²) in [5, 5.41) is 2.99. The van der Waals surface area contributed by atoms with Gasteiger partial charge >= 0.3 is 0 Å². The highest BCUT2D eigenvalue weighted by Gasteiger charge is 2.17. The number of nitrogens with one attached hydrogen (secondary N) is 1. The number of amides is 1. The molecule has 1 aromatic rings. The minimum atomic E-state index is 0.0539. The van der Waals surface area contributed by atoms with Crippen LogP contribution < -0.4 is 5.32 Å². The Labute approximate surface area is 119 Å². The second-order valence-corrected chi connectivity index (χ2v) is 5.59. The number of carbonyl (C=O) groups excluding carboxylic acids is 1. The molecule has 2 heterocycles. The van der Waals surface area contributed by atoms with E-state index in [4.69, 9.17) is 4.74 Å². The van der Waals surface area contributed by atoms with E-state index in [0.717, 1.165) is 45.1 Å². The van der Waals surface area contributed by atoms with Gasteiger partial charge in [0, 0.05) is 31.9 Å². The summed E-state index contributed by atoms with van der Waals surface area (Å²) in [4.78, 5) is 16.4. The van der Waals surface area contributed by atoms with E-state index in [1.807, 2.05) is 6.07 Å². The molecule has 2 aliphatic rings. The first kappa shape index (κ1) is 13.5. The third-order valence-corrected chi connectivity index (χ3v) is 3.84. The highest BCUT2D eigenvalue weighted by atomic mass is 16.5. The zero-order chi connectivity index (χ0) is 13.9. The first-order valence-electron chi connectivity index (χ1n) is 7.11. The summed E-state index contributed by atoms with van der Waals surface area (Å²) in [6.07, 6.45) is 0. The van der Waals surface area contributed by atoms with Crippen molar-refractivity contribution in [2.75, 3.05) is 45.2 Å². The molecule has 1 N–H and O–H groups in total. The lowest BCUT2D eigenvalue weighted by Crippen LogP contribution is -2.41. The molecule has 0 bridgehead atoms. The zero-order valence-electron chi connectivity index (χ0n) is 11.9. The van der Waals surface area contributed by atoms with Crippen LogP contribution in [0.3, 0.4) is 0 Å². The molecule has 1 fully saturated rings. The van der Waals surface area contributed by atoms with Crippen molar-refractivity contribution in [3.8, 4) is 0 Å². The second-order valence-electron chi connectivity index (χ2n) is 5.59. The number of hydrogen-bond acceptors (Lipinski definition) is 4. The number of benzene rings is 1. The molecule has 0 atom stereocenters. The molecule has 1 aromatic carbocycles. The van der Waals surface area contributed by atoms with Crippen LogP contribution in [0.25, 0.3) is 0 Å². The maximum atomic E-state index is 12.0. The number of anilines is 1. The molecule has 1 saturated heterocycles. The first-order valence-corrected chi connectivity index (χ1v) is 7.11. The molecule has 0 aromatic heterocycles. The van der Waals surface area contributed by atoms with Crippen LogP contribution >= 0.6 is 0 Å². The van der Waals surface area contributed by atoms with E-state index in [0.29, 0.717) is 6.54 Å². The average Bonchev–Trinajstić information content (AvgIpc) is 2.79. The van der Waals surface area contributed by atoms with Crippen LogP contribution in [0, 0.1) is 0 Å². The van der Waals surface area contributed by atoms with E-state index in [1.54, 1.807) is 0 Å². The molecule has 2 aliphatic heterocycles. The van der Waals surface area contributed by atoms with E-state index in [9.17, 15) is 4.79 Å². The summed E-state index contributed by atoms with van der Waals surface area (Å²) in [6.45, 7) is 5.52. The van der Waals surface area contributed by atoms with Gasteiger partial charge in [0.25, 0.3) is 0 Å². The molecule has 1 amide bonds. The monoisotopic (exact) mass is 275 g/mol. The van der Waals surface area contributed by atoms with Gasteiger partial charge in [0.2, 0.25) is 5.91 Å². The van der Waals surface area contributed by atoms with E-state index >= 15 is 0 Å². The van der Waals surface area contributed by atoms with Crippen LogP contribution in [0.2, 0.25) is 0 Å². The summed E-state index contributed by atoms with van der Waals surface area (Å²) >= 11 is 0. The molecule has 0 spiro atoms. The fourth-order valence-electron chi connectivity index (χ4n) is 2.81. The van der Waals surface area contributed by atoms with Gasteiger partial charge in [0.1, 0.15) is 0 Å². The van der Waals surface area contributed by atoms with Crippen molar-refractivity contribution in [2.24, 2.45) is 0 Å². The maximum absolute atomic E-state index is 12.0. The molecule has 3 rings (SSSR count). The number of hydrogen-bond donors (Lipinski definition) is 1. The zero-order valence-corrected chi connectivity index (χ0v) is 11.9. The Balaban J connectivity index is 1.57. The van der Waals surface area contributed by atoms with Crippen molar-refractivity contribution in [1.82, 2.24) is 9.80 Å². The Morgan fingerprint density at radius 3 is 2.80 bits per heavy atom. The Bertz CT molecular complexity index is 498. The van der Waals surface area contributed by atoms with Gasteiger partial charge in [-0.1, -0.05) is 6.07 Å². The smallest absolute Gasteiger partial charge is 0.238 e. The highest BCUT2D eigenvalue weighted by Crippen LogP contribution is 2.24. The van der Waals surface area contributed by atoms with Crippen molar-refractivity contribution >= 4 is 11.6 Å². The fraction of sp³-hybridized carbons (Fsp3) is 0.533.